The summed E-state index contributed by atoms with van der Waals surface area (Å²) in [6.07, 6.45) is 0.673. The molecule has 0 saturated heterocycles. The Morgan fingerprint density at radius 1 is 1.31 bits per heavy atom. The van der Waals surface area contributed by atoms with Crippen LogP contribution in [-0.2, 0) is 6.42 Å². The van der Waals surface area contributed by atoms with Crippen LogP contribution in [0, 0.1) is 0 Å². The maximum atomic E-state index is 11.0. The van der Waals surface area contributed by atoms with E-state index in [1.54, 1.807) is 0 Å². The van der Waals surface area contributed by atoms with Crippen LogP contribution < -0.4 is 16.7 Å². The lowest BCUT2D eigenvalue weighted by molar-refractivity contribution is 0.249. The number of urea groups is 1. The van der Waals surface area contributed by atoms with Crippen molar-refractivity contribution in [2.75, 3.05) is 6.54 Å². The Hall–Kier alpha value is -2.24. The molecule has 16 heavy (non-hydrogen) atoms. The second kappa shape index (κ2) is 4.09. The fraction of sp³-hybridized carbons (Fsp3) is 0.200. The van der Waals surface area contributed by atoms with Gasteiger partial charge in [0, 0.05) is 6.54 Å². The molecule has 2 amide bonds. The van der Waals surface area contributed by atoms with Gasteiger partial charge in [0.15, 0.2) is 0 Å². The van der Waals surface area contributed by atoms with Crippen molar-refractivity contribution in [3.63, 3.8) is 0 Å². The highest BCUT2D eigenvalue weighted by molar-refractivity contribution is 5.75. The number of aromatic nitrogens is 2. The molecular weight excluding hydrogens is 208 g/mol. The van der Waals surface area contributed by atoms with Gasteiger partial charge >= 0.3 is 11.7 Å². The van der Waals surface area contributed by atoms with Crippen LogP contribution in [0.1, 0.15) is 5.56 Å². The Kier molecular flexibility index (Phi) is 2.63. The van der Waals surface area contributed by atoms with Gasteiger partial charge in [0.2, 0.25) is 0 Å². The second-order valence-corrected chi connectivity index (χ2v) is 3.50. The molecule has 0 bridgehead atoms. The van der Waals surface area contributed by atoms with Gasteiger partial charge in [-0.3, -0.25) is 0 Å². The van der Waals surface area contributed by atoms with E-state index in [-0.39, 0.29) is 5.69 Å². The number of aromatic amines is 2. The summed E-state index contributed by atoms with van der Waals surface area (Å²) >= 11 is 0. The molecule has 0 aliphatic rings. The lowest BCUT2D eigenvalue weighted by Gasteiger charge is -2.02. The Bertz CT molecular complexity index is 569. The van der Waals surface area contributed by atoms with Crippen molar-refractivity contribution in [1.82, 2.24) is 15.3 Å². The van der Waals surface area contributed by atoms with Crippen molar-refractivity contribution in [1.29, 1.82) is 0 Å². The van der Waals surface area contributed by atoms with Gasteiger partial charge in [-0.05, 0) is 24.1 Å². The molecule has 1 aromatic carbocycles. The predicted molar refractivity (Wildman–Crippen MR) is 60.2 cm³/mol. The topological polar surface area (TPSA) is 104 Å². The van der Waals surface area contributed by atoms with Crippen LogP contribution in [0.5, 0.6) is 0 Å². The largest absolute Gasteiger partial charge is 0.352 e. The molecule has 0 radical (unpaired) electrons. The standard InChI is InChI=1S/C10H12N4O2/c11-9(15)12-4-3-6-1-2-7-8(5-6)14-10(16)13-7/h1-2,5H,3-4H2,(H3,11,12,15)(H2,13,14,16). The third-order valence-electron chi connectivity index (χ3n) is 2.29. The number of amides is 2. The van der Waals surface area contributed by atoms with Crippen LogP contribution >= 0.6 is 0 Å². The highest BCUT2D eigenvalue weighted by atomic mass is 16.2. The minimum atomic E-state index is -0.531. The van der Waals surface area contributed by atoms with Crippen LogP contribution in [0.3, 0.4) is 0 Å². The summed E-state index contributed by atoms with van der Waals surface area (Å²) in [6.45, 7) is 0.482. The van der Waals surface area contributed by atoms with Crippen molar-refractivity contribution in [2.24, 2.45) is 5.73 Å². The fourth-order valence-corrected chi connectivity index (χ4v) is 1.57. The molecule has 1 heterocycles. The summed E-state index contributed by atoms with van der Waals surface area (Å²) < 4.78 is 0. The molecule has 0 aliphatic carbocycles. The first-order valence-corrected chi connectivity index (χ1v) is 4.89. The molecule has 0 saturated carbocycles. The van der Waals surface area contributed by atoms with Gasteiger partial charge in [0.25, 0.3) is 0 Å². The molecule has 0 spiro atoms. The van der Waals surface area contributed by atoms with Gasteiger partial charge in [-0.1, -0.05) is 6.07 Å². The third-order valence-corrected chi connectivity index (χ3v) is 2.29. The Morgan fingerprint density at radius 2 is 2.06 bits per heavy atom. The minimum absolute atomic E-state index is 0.220. The predicted octanol–water partition coefficient (Wildman–Crippen LogP) is 0.0670. The quantitative estimate of drug-likeness (QED) is 0.587. The molecule has 6 heteroatoms. The molecule has 6 nitrogen and oxygen atoms in total. The van der Waals surface area contributed by atoms with Gasteiger partial charge in [-0.25, -0.2) is 9.59 Å². The number of fused-ring (bicyclic) bond motifs is 1. The van der Waals surface area contributed by atoms with Crippen LogP contribution in [0.4, 0.5) is 4.79 Å². The number of hydrogen-bond donors (Lipinski definition) is 4. The zero-order valence-corrected chi connectivity index (χ0v) is 8.54. The van der Waals surface area contributed by atoms with Crippen molar-refractivity contribution in [3.8, 4) is 0 Å². The number of benzene rings is 1. The number of H-pyrrole nitrogens is 2. The first-order chi connectivity index (χ1) is 7.65. The second-order valence-electron chi connectivity index (χ2n) is 3.50. The number of hydrogen-bond acceptors (Lipinski definition) is 2. The Balaban J connectivity index is 2.13. The van der Waals surface area contributed by atoms with E-state index in [2.05, 4.69) is 15.3 Å². The molecule has 2 rings (SSSR count). The van der Waals surface area contributed by atoms with E-state index in [4.69, 9.17) is 5.73 Å². The Morgan fingerprint density at radius 3 is 2.81 bits per heavy atom. The molecule has 0 fully saturated rings. The van der Waals surface area contributed by atoms with E-state index in [1.165, 1.54) is 0 Å². The van der Waals surface area contributed by atoms with E-state index in [0.717, 1.165) is 16.6 Å². The number of nitrogens with two attached hydrogens (primary N) is 1. The summed E-state index contributed by atoms with van der Waals surface area (Å²) in [6, 6.07) is 5.06. The van der Waals surface area contributed by atoms with Crippen molar-refractivity contribution < 1.29 is 4.79 Å². The molecule has 0 atom stereocenters. The third kappa shape index (κ3) is 2.22. The average Bonchev–Trinajstić information content (AvgIpc) is 2.56. The lowest BCUT2D eigenvalue weighted by atomic mass is 10.1. The van der Waals surface area contributed by atoms with Gasteiger partial charge in [-0.2, -0.15) is 0 Å². The molecule has 0 unspecified atom stereocenters. The fourth-order valence-electron chi connectivity index (χ4n) is 1.57. The zero-order chi connectivity index (χ0) is 11.5. The number of carbonyl (C=O) groups excluding carboxylic acids is 1. The van der Waals surface area contributed by atoms with E-state index in [0.29, 0.717) is 13.0 Å². The number of imidazole rings is 1. The Labute approximate surface area is 90.8 Å². The van der Waals surface area contributed by atoms with Crippen molar-refractivity contribution >= 4 is 17.1 Å². The van der Waals surface area contributed by atoms with Gasteiger partial charge in [0.1, 0.15) is 0 Å². The SMILES string of the molecule is NC(=O)NCCc1ccc2[nH]c(=O)[nH]c2c1. The van der Waals surface area contributed by atoms with E-state index in [1.807, 2.05) is 18.2 Å². The zero-order valence-electron chi connectivity index (χ0n) is 8.54. The maximum absolute atomic E-state index is 11.0. The van der Waals surface area contributed by atoms with Gasteiger partial charge in [-0.15, -0.1) is 0 Å². The monoisotopic (exact) mass is 220 g/mol. The lowest BCUT2D eigenvalue weighted by Crippen LogP contribution is -2.30. The first-order valence-electron chi connectivity index (χ1n) is 4.89. The van der Waals surface area contributed by atoms with Crippen molar-refractivity contribution in [2.45, 2.75) is 6.42 Å². The normalized spacial score (nSPS) is 10.5. The average molecular weight is 220 g/mol. The number of primary amides is 1. The summed E-state index contributed by atoms with van der Waals surface area (Å²) in [5.74, 6) is 0. The summed E-state index contributed by atoms with van der Waals surface area (Å²) in [4.78, 5) is 26.8. The number of carbonyl (C=O) groups is 1. The van der Waals surface area contributed by atoms with E-state index < -0.39 is 6.03 Å². The molecule has 2 aromatic rings. The van der Waals surface area contributed by atoms with Crippen LogP contribution in [0.2, 0.25) is 0 Å². The van der Waals surface area contributed by atoms with E-state index >= 15 is 0 Å². The van der Waals surface area contributed by atoms with Crippen molar-refractivity contribution in [3.05, 3.63) is 34.2 Å². The highest BCUT2D eigenvalue weighted by Gasteiger charge is 2.00. The van der Waals surface area contributed by atoms with E-state index in [9.17, 15) is 9.59 Å². The molecular formula is C10H12N4O2. The van der Waals surface area contributed by atoms with Gasteiger partial charge < -0.3 is 21.0 Å². The molecule has 0 aliphatic heterocycles. The smallest absolute Gasteiger partial charge is 0.323 e. The van der Waals surface area contributed by atoms with Crippen LogP contribution in [-0.4, -0.2) is 22.5 Å². The minimum Gasteiger partial charge on any atom is -0.352 e. The number of nitrogens with one attached hydrogen (secondary N) is 3. The first kappa shape index (κ1) is 10.3. The van der Waals surface area contributed by atoms with Crippen LogP contribution in [0.15, 0.2) is 23.0 Å². The molecule has 84 valence electrons. The summed E-state index contributed by atoms with van der Waals surface area (Å²) in [5.41, 5.74) is 7.29. The number of rotatable bonds is 3. The molecule has 1 aromatic heterocycles. The molecule has 5 N–H and O–H groups in total. The highest BCUT2D eigenvalue weighted by Crippen LogP contribution is 2.10. The summed E-state index contributed by atoms with van der Waals surface area (Å²) in [5, 5.41) is 2.51. The van der Waals surface area contributed by atoms with Crippen LogP contribution in [0.25, 0.3) is 11.0 Å². The van der Waals surface area contributed by atoms with Gasteiger partial charge in [0.05, 0.1) is 11.0 Å². The maximum Gasteiger partial charge on any atom is 0.323 e. The summed E-state index contributed by atoms with van der Waals surface area (Å²) in [7, 11) is 0.